The largest absolute Gasteiger partial charge is 0.378 e. The van der Waals surface area contributed by atoms with Crippen molar-refractivity contribution >= 4 is 17.0 Å². The van der Waals surface area contributed by atoms with E-state index in [1.807, 2.05) is 0 Å². The molecule has 3 aromatic rings. The van der Waals surface area contributed by atoms with Crippen LogP contribution < -0.4 is 10.2 Å². The summed E-state index contributed by atoms with van der Waals surface area (Å²) in [6.07, 6.45) is 2.27. The molecule has 6 nitrogen and oxygen atoms in total. The van der Waals surface area contributed by atoms with E-state index in [0.717, 1.165) is 54.6 Å². The highest BCUT2D eigenvalue weighted by atomic mass is 32.1. The summed E-state index contributed by atoms with van der Waals surface area (Å²) in [5.41, 5.74) is 5.63. The standard InChI is InChI=1S/C21H27N5OS/c1-15-23-21(14-28-15)16-4-3-5-20(10-16)26-8-6-17(7-9-26)22-12-18-11-19(13-27-2)25-24-18/h3-5,10-11,14,17,22H,6-9,12-13H2,1-2H3,(H,24,25). The number of aromatic amines is 1. The predicted molar refractivity (Wildman–Crippen MR) is 114 cm³/mol. The van der Waals surface area contributed by atoms with Gasteiger partial charge in [-0.1, -0.05) is 12.1 Å². The molecule has 0 aliphatic carbocycles. The minimum atomic E-state index is 0.531. The van der Waals surface area contributed by atoms with Gasteiger partial charge in [0.25, 0.3) is 0 Å². The molecular formula is C21H27N5OS. The van der Waals surface area contributed by atoms with Crippen LogP contribution in [0.4, 0.5) is 5.69 Å². The molecule has 0 unspecified atom stereocenters. The van der Waals surface area contributed by atoms with Crippen molar-refractivity contribution < 1.29 is 4.74 Å². The predicted octanol–water partition coefficient (Wildman–Crippen LogP) is 3.75. The van der Waals surface area contributed by atoms with Crippen molar-refractivity contribution in [2.75, 3.05) is 25.1 Å². The molecular weight excluding hydrogens is 370 g/mol. The van der Waals surface area contributed by atoms with Crippen LogP contribution in [0.15, 0.2) is 35.7 Å². The van der Waals surface area contributed by atoms with Gasteiger partial charge in [-0.25, -0.2) is 4.98 Å². The molecule has 1 fully saturated rings. The number of rotatable bonds is 7. The van der Waals surface area contributed by atoms with E-state index in [1.165, 1.54) is 11.3 Å². The third-order valence-electron chi connectivity index (χ3n) is 5.18. The Labute approximate surface area is 170 Å². The first-order valence-electron chi connectivity index (χ1n) is 9.74. The van der Waals surface area contributed by atoms with Crippen molar-refractivity contribution in [2.24, 2.45) is 0 Å². The van der Waals surface area contributed by atoms with Gasteiger partial charge in [0.15, 0.2) is 0 Å². The molecule has 1 aromatic carbocycles. The normalized spacial score (nSPS) is 15.3. The lowest BCUT2D eigenvalue weighted by molar-refractivity contribution is 0.181. The maximum absolute atomic E-state index is 5.13. The van der Waals surface area contributed by atoms with E-state index in [1.54, 1.807) is 18.4 Å². The molecule has 0 bridgehead atoms. The topological polar surface area (TPSA) is 66.1 Å². The third kappa shape index (κ3) is 4.60. The number of aromatic nitrogens is 3. The van der Waals surface area contributed by atoms with Crippen LogP contribution in [0.5, 0.6) is 0 Å². The van der Waals surface area contributed by atoms with Gasteiger partial charge in [-0.15, -0.1) is 11.3 Å². The van der Waals surface area contributed by atoms with Crippen LogP contribution in [0.1, 0.15) is 29.2 Å². The van der Waals surface area contributed by atoms with Crippen molar-refractivity contribution in [3.8, 4) is 11.3 Å². The van der Waals surface area contributed by atoms with Crippen molar-refractivity contribution in [3.63, 3.8) is 0 Å². The van der Waals surface area contributed by atoms with E-state index in [0.29, 0.717) is 12.6 Å². The third-order valence-corrected chi connectivity index (χ3v) is 5.95. The van der Waals surface area contributed by atoms with E-state index in [2.05, 4.69) is 68.0 Å². The van der Waals surface area contributed by atoms with Gasteiger partial charge in [0, 0.05) is 49.4 Å². The molecule has 0 atom stereocenters. The molecule has 0 radical (unpaired) electrons. The summed E-state index contributed by atoms with van der Waals surface area (Å²) in [4.78, 5) is 7.10. The van der Waals surface area contributed by atoms with E-state index in [9.17, 15) is 0 Å². The maximum Gasteiger partial charge on any atom is 0.0901 e. The molecule has 0 spiro atoms. The number of hydrogen-bond acceptors (Lipinski definition) is 6. The number of nitrogens with zero attached hydrogens (tertiary/aromatic N) is 3. The Hall–Kier alpha value is -2.22. The number of benzene rings is 1. The molecule has 4 rings (SSSR count). The van der Waals surface area contributed by atoms with Crippen LogP contribution in [0.2, 0.25) is 0 Å². The number of thiazole rings is 1. The summed E-state index contributed by atoms with van der Waals surface area (Å²) in [6.45, 7) is 5.55. The zero-order valence-electron chi connectivity index (χ0n) is 16.4. The summed E-state index contributed by atoms with van der Waals surface area (Å²) >= 11 is 1.70. The fourth-order valence-corrected chi connectivity index (χ4v) is 4.30. The second-order valence-electron chi connectivity index (χ2n) is 7.26. The monoisotopic (exact) mass is 397 g/mol. The first-order chi connectivity index (χ1) is 13.7. The lowest BCUT2D eigenvalue weighted by atomic mass is 10.0. The van der Waals surface area contributed by atoms with Gasteiger partial charge >= 0.3 is 0 Å². The average molecular weight is 398 g/mol. The van der Waals surface area contributed by atoms with Crippen LogP contribution in [-0.2, 0) is 17.9 Å². The van der Waals surface area contributed by atoms with Gasteiger partial charge < -0.3 is 15.0 Å². The molecule has 2 aromatic heterocycles. The quantitative estimate of drug-likeness (QED) is 0.636. The number of H-pyrrole nitrogens is 1. The minimum absolute atomic E-state index is 0.531. The molecule has 2 N–H and O–H groups in total. The van der Waals surface area contributed by atoms with Gasteiger partial charge in [-0.05, 0) is 38.0 Å². The first kappa shape index (κ1) is 19.1. The number of piperidine rings is 1. The Bertz CT molecular complexity index is 898. The number of hydrogen-bond donors (Lipinski definition) is 2. The number of methoxy groups -OCH3 is 1. The van der Waals surface area contributed by atoms with Crippen molar-refractivity contribution in [1.82, 2.24) is 20.5 Å². The molecule has 1 aliphatic rings. The van der Waals surface area contributed by atoms with Crippen LogP contribution in [0.25, 0.3) is 11.3 Å². The van der Waals surface area contributed by atoms with Crippen molar-refractivity contribution in [2.45, 2.75) is 39.0 Å². The van der Waals surface area contributed by atoms with Crippen LogP contribution in [0, 0.1) is 6.92 Å². The van der Waals surface area contributed by atoms with E-state index >= 15 is 0 Å². The molecule has 148 valence electrons. The summed E-state index contributed by atoms with van der Waals surface area (Å²) in [7, 11) is 1.69. The molecule has 0 amide bonds. The molecule has 28 heavy (non-hydrogen) atoms. The van der Waals surface area contributed by atoms with Gasteiger partial charge in [0.05, 0.1) is 28.7 Å². The van der Waals surface area contributed by atoms with Gasteiger partial charge in [-0.3, -0.25) is 5.10 Å². The Kier molecular flexibility index (Phi) is 6.04. The SMILES string of the molecule is COCc1cc(CNC2CCN(c3cccc(-c4csc(C)n4)c3)CC2)n[nH]1. The van der Waals surface area contributed by atoms with Gasteiger partial charge in [0.2, 0.25) is 0 Å². The number of aryl methyl sites for hydroxylation is 1. The second kappa shape index (κ2) is 8.86. The summed E-state index contributed by atoms with van der Waals surface area (Å²) in [5, 5.41) is 14.2. The lowest BCUT2D eigenvalue weighted by Gasteiger charge is -2.34. The summed E-state index contributed by atoms with van der Waals surface area (Å²) in [6, 6.07) is 11.4. The van der Waals surface area contributed by atoms with E-state index in [-0.39, 0.29) is 0 Å². The second-order valence-corrected chi connectivity index (χ2v) is 8.32. The molecule has 1 aliphatic heterocycles. The maximum atomic E-state index is 5.13. The Morgan fingerprint density at radius 3 is 2.89 bits per heavy atom. The Balaban J connectivity index is 1.30. The average Bonchev–Trinajstić information content (AvgIpc) is 3.36. The summed E-state index contributed by atoms with van der Waals surface area (Å²) in [5.74, 6) is 0. The fourth-order valence-electron chi connectivity index (χ4n) is 3.68. The zero-order valence-corrected chi connectivity index (χ0v) is 17.3. The fraction of sp³-hybridized carbons (Fsp3) is 0.429. The molecule has 3 heterocycles. The molecule has 1 saturated heterocycles. The highest BCUT2D eigenvalue weighted by molar-refractivity contribution is 7.09. The Morgan fingerprint density at radius 1 is 1.29 bits per heavy atom. The summed E-state index contributed by atoms with van der Waals surface area (Å²) < 4.78 is 5.13. The lowest BCUT2D eigenvalue weighted by Crippen LogP contribution is -2.42. The number of nitrogens with one attached hydrogen (secondary N) is 2. The van der Waals surface area contributed by atoms with E-state index < -0.39 is 0 Å². The highest BCUT2D eigenvalue weighted by Gasteiger charge is 2.19. The number of ether oxygens (including phenoxy) is 1. The first-order valence-corrected chi connectivity index (χ1v) is 10.6. The van der Waals surface area contributed by atoms with Crippen molar-refractivity contribution in [1.29, 1.82) is 0 Å². The Morgan fingerprint density at radius 2 is 2.14 bits per heavy atom. The molecule has 7 heteroatoms. The van der Waals surface area contributed by atoms with Crippen LogP contribution in [-0.4, -0.2) is 41.4 Å². The van der Waals surface area contributed by atoms with Crippen molar-refractivity contribution in [3.05, 3.63) is 52.1 Å². The van der Waals surface area contributed by atoms with Crippen LogP contribution in [0.3, 0.4) is 0 Å². The van der Waals surface area contributed by atoms with E-state index in [4.69, 9.17) is 4.74 Å². The smallest absolute Gasteiger partial charge is 0.0901 e. The number of anilines is 1. The van der Waals surface area contributed by atoms with Crippen LogP contribution >= 0.6 is 11.3 Å². The molecule has 0 saturated carbocycles. The highest BCUT2D eigenvalue weighted by Crippen LogP contribution is 2.27. The zero-order chi connectivity index (χ0) is 19.3. The van der Waals surface area contributed by atoms with Gasteiger partial charge in [0.1, 0.15) is 0 Å². The van der Waals surface area contributed by atoms with Gasteiger partial charge in [-0.2, -0.15) is 5.10 Å². The minimum Gasteiger partial charge on any atom is -0.378 e.